The third-order valence-corrected chi connectivity index (χ3v) is 8.25. The van der Waals surface area contributed by atoms with Gasteiger partial charge in [0.15, 0.2) is 0 Å². The fourth-order valence-corrected chi connectivity index (χ4v) is 5.92. The minimum atomic E-state index is -0.298. The van der Waals surface area contributed by atoms with Crippen LogP contribution in [0.5, 0.6) is 17.2 Å². The maximum absolute atomic E-state index is 6.68. The van der Waals surface area contributed by atoms with Crippen molar-refractivity contribution in [1.29, 1.82) is 0 Å². The minimum Gasteiger partial charge on any atom is -0.492 e. The van der Waals surface area contributed by atoms with Crippen molar-refractivity contribution in [2.75, 3.05) is 25.4 Å². The van der Waals surface area contributed by atoms with Gasteiger partial charge in [-0.1, -0.05) is 30.3 Å². The highest BCUT2D eigenvalue weighted by Crippen LogP contribution is 2.52. The van der Waals surface area contributed by atoms with Gasteiger partial charge in [-0.25, -0.2) is 0 Å². The molecule has 196 valence electrons. The summed E-state index contributed by atoms with van der Waals surface area (Å²) in [6.45, 7) is 14.2. The van der Waals surface area contributed by atoms with E-state index in [1.807, 2.05) is 30.3 Å². The van der Waals surface area contributed by atoms with E-state index < -0.39 is 0 Å². The minimum absolute atomic E-state index is 0.248. The van der Waals surface area contributed by atoms with Crippen LogP contribution in [0.25, 0.3) is 0 Å². The van der Waals surface area contributed by atoms with Crippen LogP contribution in [-0.2, 0) is 6.61 Å². The Balaban J connectivity index is 1.37. The lowest BCUT2D eigenvalue weighted by Crippen LogP contribution is -2.42. The summed E-state index contributed by atoms with van der Waals surface area (Å²) in [6.07, 6.45) is 2.33. The number of nitrogens with two attached hydrogens (primary N) is 1. The molecule has 2 N–H and O–H groups in total. The second-order valence-corrected chi connectivity index (χ2v) is 11.2. The van der Waals surface area contributed by atoms with Crippen LogP contribution in [-0.4, -0.2) is 36.2 Å². The maximum atomic E-state index is 6.68. The van der Waals surface area contributed by atoms with Crippen molar-refractivity contribution in [3.8, 4) is 17.2 Å². The van der Waals surface area contributed by atoms with Gasteiger partial charge in [0.1, 0.15) is 36.1 Å². The molecule has 1 saturated heterocycles. The van der Waals surface area contributed by atoms with Gasteiger partial charge in [0.05, 0.1) is 0 Å². The topological polar surface area (TPSA) is 57.0 Å². The molecule has 3 aromatic rings. The molecule has 2 atom stereocenters. The van der Waals surface area contributed by atoms with Crippen LogP contribution in [0, 0.1) is 20.8 Å². The average molecular weight is 501 g/mol. The number of nitrogen functional groups attached to an aromatic ring is 1. The highest BCUT2D eigenvalue weighted by atomic mass is 16.5. The molecule has 2 heterocycles. The standard InChI is InChI=1S/C32H40N2O3/c1-21-22(2)31-29(23(3)30(21)36-19-24-10-7-6-8-11-24)28(32(4,5)37-31)18-34-17-9-12-26(34)20-35-27-15-13-25(33)14-16-27/h6-8,10-11,13-16,26,28H,9,12,17-20,33H2,1-5H3/t26-,28-/m0/s1. The van der Waals surface area contributed by atoms with Gasteiger partial charge in [0.25, 0.3) is 0 Å². The number of nitrogens with zero attached hydrogens (tertiary/aromatic N) is 1. The summed E-state index contributed by atoms with van der Waals surface area (Å²) in [5.74, 6) is 3.16. The Morgan fingerprint density at radius 1 is 0.946 bits per heavy atom. The molecule has 2 aliphatic heterocycles. The third-order valence-electron chi connectivity index (χ3n) is 8.25. The lowest BCUT2D eigenvalue weighted by atomic mass is 9.82. The largest absolute Gasteiger partial charge is 0.492 e. The molecule has 1 fully saturated rings. The van der Waals surface area contributed by atoms with Gasteiger partial charge < -0.3 is 19.9 Å². The van der Waals surface area contributed by atoms with Gasteiger partial charge in [0, 0.05) is 29.8 Å². The summed E-state index contributed by atoms with van der Waals surface area (Å²) < 4.78 is 19.3. The zero-order chi connectivity index (χ0) is 26.2. The highest BCUT2D eigenvalue weighted by Gasteiger charge is 2.46. The highest BCUT2D eigenvalue weighted by molar-refractivity contribution is 5.62. The molecule has 0 aromatic heterocycles. The Labute approximate surface area is 221 Å². The summed E-state index contributed by atoms with van der Waals surface area (Å²) in [5, 5.41) is 0. The van der Waals surface area contributed by atoms with E-state index in [0.717, 1.165) is 42.4 Å². The van der Waals surface area contributed by atoms with Gasteiger partial charge in [-0.05, 0) is 101 Å². The van der Waals surface area contributed by atoms with Gasteiger partial charge >= 0.3 is 0 Å². The van der Waals surface area contributed by atoms with E-state index >= 15 is 0 Å². The van der Waals surface area contributed by atoms with Crippen LogP contribution in [0.4, 0.5) is 5.69 Å². The zero-order valence-corrected chi connectivity index (χ0v) is 22.8. The number of likely N-dealkylation sites (tertiary alicyclic amines) is 1. The summed E-state index contributed by atoms with van der Waals surface area (Å²) in [7, 11) is 0. The maximum Gasteiger partial charge on any atom is 0.127 e. The molecule has 0 radical (unpaired) electrons. The lowest BCUT2D eigenvalue weighted by Gasteiger charge is -2.33. The van der Waals surface area contributed by atoms with Crippen molar-refractivity contribution in [2.24, 2.45) is 0 Å². The van der Waals surface area contributed by atoms with Gasteiger partial charge in [-0.2, -0.15) is 0 Å². The quantitative estimate of drug-likeness (QED) is 0.355. The SMILES string of the molecule is Cc1c(C)c2c(c(C)c1OCc1ccccc1)[C@H](CN1CCC[C@H]1COc1ccc(N)cc1)C(C)(C)O2. The first kappa shape index (κ1) is 25.5. The number of hydrogen-bond donors (Lipinski definition) is 1. The number of rotatable bonds is 8. The molecule has 3 aromatic carbocycles. The third kappa shape index (κ3) is 5.15. The Morgan fingerprint density at radius 3 is 2.41 bits per heavy atom. The van der Waals surface area contributed by atoms with E-state index in [2.05, 4.69) is 63.8 Å². The Morgan fingerprint density at radius 2 is 1.68 bits per heavy atom. The Hall–Kier alpha value is -3.18. The molecular weight excluding hydrogens is 460 g/mol. The molecule has 0 spiro atoms. The molecule has 2 aliphatic rings. The van der Waals surface area contributed by atoms with Crippen LogP contribution >= 0.6 is 0 Å². The summed E-state index contributed by atoms with van der Waals surface area (Å²) >= 11 is 0. The Kier molecular flexibility index (Phi) is 7.09. The van der Waals surface area contributed by atoms with E-state index in [1.54, 1.807) is 0 Å². The molecule has 5 heteroatoms. The first-order valence-electron chi connectivity index (χ1n) is 13.5. The molecule has 0 saturated carbocycles. The van der Waals surface area contributed by atoms with Crippen LogP contribution in [0.2, 0.25) is 0 Å². The van der Waals surface area contributed by atoms with Crippen LogP contribution in [0.1, 0.15) is 60.4 Å². The van der Waals surface area contributed by atoms with Gasteiger partial charge in [0.2, 0.25) is 0 Å². The number of fused-ring (bicyclic) bond motifs is 1. The van der Waals surface area contributed by atoms with E-state index in [4.69, 9.17) is 19.9 Å². The molecule has 0 unspecified atom stereocenters. The number of hydrogen-bond acceptors (Lipinski definition) is 5. The van der Waals surface area contributed by atoms with Gasteiger partial charge in [-0.3, -0.25) is 4.90 Å². The monoisotopic (exact) mass is 500 g/mol. The number of benzene rings is 3. The van der Waals surface area contributed by atoms with Crippen molar-refractivity contribution in [3.05, 3.63) is 82.4 Å². The van der Waals surface area contributed by atoms with Crippen LogP contribution in [0.15, 0.2) is 54.6 Å². The average Bonchev–Trinajstić information content (AvgIpc) is 3.44. The second kappa shape index (κ2) is 10.3. The van der Waals surface area contributed by atoms with E-state index in [9.17, 15) is 0 Å². The fourth-order valence-electron chi connectivity index (χ4n) is 5.92. The zero-order valence-electron chi connectivity index (χ0n) is 22.8. The molecule has 5 rings (SSSR count). The second-order valence-electron chi connectivity index (χ2n) is 11.2. The van der Waals surface area contributed by atoms with Crippen LogP contribution < -0.4 is 19.9 Å². The first-order valence-corrected chi connectivity index (χ1v) is 13.5. The predicted octanol–water partition coefficient (Wildman–Crippen LogP) is 6.57. The van der Waals surface area contributed by atoms with Crippen LogP contribution in [0.3, 0.4) is 0 Å². The molecule has 0 bridgehead atoms. The summed E-state index contributed by atoms with van der Waals surface area (Å²) in [5.41, 5.74) is 12.3. The van der Waals surface area contributed by atoms with Crippen molar-refractivity contribution >= 4 is 5.69 Å². The lowest BCUT2D eigenvalue weighted by molar-refractivity contribution is 0.0791. The molecule has 5 nitrogen and oxygen atoms in total. The Bertz CT molecular complexity index is 1240. The van der Waals surface area contributed by atoms with Crippen molar-refractivity contribution in [3.63, 3.8) is 0 Å². The van der Waals surface area contributed by atoms with Crippen molar-refractivity contribution < 1.29 is 14.2 Å². The molecule has 37 heavy (non-hydrogen) atoms. The van der Waals surface area contributed by atoms with Crippen molar-refractivity contribution in [1.82, 2.24) is 4.90 Å². The normalized spacial score (nSPS) is 20.5. The predicted molar refractivity (Wildman–Crippen MR) is 150 cm³/mol. The molecule has 0 aliphatic carbocycles. The fraction of sp³-hybridized carbons (Fsp3) is 0.438. The van der Waals surface area contributed by atoms with E-state index in [-0.39, 0.29) is 11.5 Å². The summed E-state index contributed by atoms with van der Waals surface area (Å²) in [4.78, 5) is 2.60. The number of ether oxygens (including phenoxy) is 3. The molecule has 0 amide bonds. The number of anilines is 1. The first-order chi connectivity index (χ1) is 17.7. The summed E-state index contributed by atoms with van der Waals surface area (Å²) in [6, 6.07) is 18.4. The van der Waals surface area contributed by atoms with E-state index in [1.165, 1.54) is 34.2 Å². The van der Waals surface area contributed by atoms with Crippen molar-refractivity contribution in [2.45, 2.75) is 71.6 Å². The van der Waals surface area contributed by atoms with E-state index in [0.29, 0.717) is 19.3 Å². The molecular formula is C32H40N2O3. The smallest absolute Gasteiger partial charge is 0.127 e. The van der Waals surface area contributed by atoms with Gasteiger partial charge in [-0.15, -0.1) is 0 Å².